The fraction of sp³-hybridized carbons (Fsp3) is 0.636. The van der Waals surface area contributed by atoms with E-state index >= 15 is 0 Å². The molecule has 1 nitrogen and oxygen atoms in total. The van der Waals surface area contributed by atoms with Crippen LogP contribution in [0.25, 0.3) is 0 Å². The Morgan fingerprint density at radius 2 is 2.09 bits per heavy atom. The van der Waals surface area contributed by atoms with E-state index in [1.165, 1.54) is 24.0 Å². The average molecular weight is 308 g/mol. The van der Waals surface area contributed by atoms with Crippen molar-refractivity contribution >= 4 is 5.78 Å². The largest absolute Gasteiger partial charge is 0.295 e. The maximum Gasteiger partial charge on any atom is 0.155 e. The highest BCUT2D eigenvalue weighted by Crippen LogP contribution is 2.65. The number of fused-ring (bicyclic) bond motifs is 5. The second-order valence-electron chi connectivity index (χ2n) is 8.73. The maximum absolute atomic E-state index is 11.9. The van der Waals surface area contributed by atoms with E-state index < -0.39 is 0 Å². The Balaban J connectivity index is 1.79. The van der Waals surface area contributed by atoms with Crippen molar-refractivity contribution in [1.82, 2.24) is 0 Å². The molecule has 0 heterocycles. The summed E-state index contributed by atoms with van der Waals surface area (Å²) >= 11 is 0. The summed E-state index contributed by atoms with van der Waals surface area (Å²) in [6.07, 6.45) is 11.0. The van der Waals surface area contributed by atoms with Crippen molar-refractivity contribution in [3.63, 3.8) is 0 Å². The summed E-state index contributed by atoms with van der Waals surface area (Å²) in [6.45, 7) is 11.2. The van der Waals surface area contributed by atoms with Gasteiger partial charge in [-0.15, -0.1) is 5.73 Å². The summed E-state index contributed by atoms with van der Waals surface area (Å²) in [5.74, 6) is 2.38. The molecular weight excluding hydrogens is 280 g/mol. The van der Waals surface area contributed by atoms with Gasteiger partial charge in [-0.1, -0.05) is 44.6 Å². The molecule has 0 aromatic rings. The van der Waals surface area contributed by atoms with Gasteiger partial charge in [-0.2, -0.15) is 0 Å². The Morgan fingerprint density at radius 1 is 1.30 bits per heavy atom. The van der Waals surface area contributed by atoms with Crippen LogP contribution in [0, 0.1) is 28.6 Å². The van der Waals surface area contributed by atoms with Crippen LogP contribution in [0.3, 0.4) is 0 Å². The van der Waals surface area contributed by atoms with Gasteiger partial charge in [0.15, 0.2) is 5.78 Å². The van der Waals surface area contributed by atoms with Crippen molar-refractivity contribution in [2.45, 2.75) is 59.3 Å². The van der Waals surface area contributed by atoms with Crippen molar-refractivity contribution in [1.29, 1.82) is 0 Å². The summed E-state index contributed by atoms with van der Waals surface area (Å²) in [5, 5.41) is 0. The van der Waals surface area contributed by atoms with E-state index in [4.69, 9.17) is 0 Å². The number of carbonyl (C=O) groups is 1. The Labute approximate surface area is 140 Å². The third kappa shape index (κ3) is 1.89. The van der Waals surface area contributed by atoms with Gasteiger partial charge in [0.25, 0.3) is 0 Å². The monoisotopic (exact) mass is 308 g/mol. The van der Waals surface area contributed by atoms with Crippen LogP contribution < -0.4 is 0 Å². The van der Waals surface area contributed by atoms with Crippen LogP contribution in [-0.4, -0.2) is 5.78 Å². The van der Waals surface area contributed by atoms with Gasteiger partial charge < -0.3 is 0 Å². The lowest BCUT2D eigenvalue weighted by molar-refractivity contribution is -0.115. The van der Waals surface area contributed by atoms with Gasteiger partial charge in [0, 0.05) is 17.3 Å². The molecule has 2 saturated carbocycles. The first-order valence-corrected chi connectivity index (χ1v) is 9.25. The first-order chi connectivity index (χ1) is 10.9. The van der Waals surface area contributed by atoms with Crippen molar-refractivity contribution in [3.05, 3.63) is 41.2 Å². The number of hydrogen-bond donors (Lipinski definition) is 0. The molecule has 1 heteroatoms. The second-order valence-corrected chi connectivity index (χ2v) is 8.73. The fourth-order valence-electron chi connectivity index (χ4n) is 6.40. The van der Waals surface area contributed by atoms with Crippen LogP contribution in [0.5, 0.6) is 0 Å². The molecule has 4 aliphatic carbocycles. The van der Waals surface area contributed by atoms with Gasteiger partial charge >= 0.3 is 0 Å². The highest BCUT2D eigenvalue weighted by atomic mass is 16.1. The van der Waals surface area contributed by atoms with Gasteiger partial charge in [-0.25, -0.2) is 0 Å². The molecule has 0 spiro atoms. The topological polar surface area (TPSA) is 17.1 Å². The predicted octanol–water partition coefficient (Wildman–Crippen LogP) is 5.40. The lowest BCUT2D eigenvalue weighted by Crippen LogP contribution is -2.43. The van der Waals surface area contributed by atoms with E-state index in [2.05, 4.69) is 39.2 Å². The van der Waals surface area contributed by atoms with Crippen molar-refractivity contribution < 1.29 is 4.79 Å². The number of allylic oxidation sites excluding steroid dienone is 5. The van der Waals surface area contributed by atoms with Crippen LogP contribution in [-0.2, 0) is 4.79 Å². The molecule has 0 bridgehead atoms. The summed E-state index contributed by atoms with van der Waals surface area (Å²) in [5.41, 5.74) is 8.24. The van der Waals surface area contributed by atoms with Gasteiger partial charge in [0.1, 0.15) is 0 Å². The normalized spacial score (nSPS) is 45.4. The zero-order valence-electron chi connectivity index (χ0n) is 14.7. The van der Waals surface area contributed by atoms with Crippen molar-refractivity contribution in [2.75, 3.05) is 0 Å². The first kappa shape index (κ1) is 15.2. The van der Waals surface area contributed by atoms with Crippen LogP contribution >= 0.6 is 0 Å². The molecule has 0 N–H and O–H groups in total. The zero-order valence-corrected chi connectivity index (χ0v) is 14.7. The Kier molecular flexibility index (Phi) is 3.20. The minimum absolute atomic E-state index is 0.155. The van der Waals surface area contributed by atoms with E-state index in [-0.39, 0.29) is 10.8 Å². The Hall–Kier alpha value is -1.33. The standard InChI is InChI=1S/C22H28O/c1-5-18-14(2)12-20-17-7-6-15-13-16(23)8-10-21(15,3)19(17)9-11-22(18,20)4/h9,13-14,17,20H,1,6-8,10-12H2,2-4H3/t14-,17+,20-,21-,22+/m0/s1. The lowest BCUT2D eigenvalue weighted by Gasteiger charge is -2.52. The van der Waals surface area contributed by atoms with Crippen molar-refractivity contribution in [2.24, 2.45) is 28.6 Å². The zero-order chi connectivity index (χ0) is 16.4. The molecule has 0 aromatic heterocycles. The Morgan fingerprint density at radius 3 is 2.83 bits per heavy atom. The second kappa shape index (κ2) is 4.84. The predicted molar refractivity (Wildman–Crippen MR) is 93.9 cm³/mol. The molecule has 122 valence electrons. The number of rotatable bonds is 0. The molecular formula is C22H28O. The van der Waals surface area contributed by atoms with E-state index in [1.54, 1.807) is 5.57 Å². The quantitative estimate of drug-likeness (QED) is 0.433. The van der Waals surface area contributed by atoms with E-state index in [0.29, 0.717) is 17.6 Å². The molecule has 23 heavy (non-hydrogen) atoms. The lowest BCUT2D eigenvalue weighted by atomic mass is 9.52. The van der Waals surface area contributed by atoms with E-state index in [0.717, 1.165) is 31.6 Å². The van der Waals surface area contributed by atoms with Gasteiger partial charge in [-0.3, -0.25) is 4.79 Å². The average Bonchev–Trinajstić information content (AvgIpc) is 2.77. The highest BCUT2D eigenvalue weighted by molar-refractivity contribution is 5.92. The molecule has 0 amide bonds. The highest BCUT2D eigenvalue weighted by Gasteiger charge is 2.55. The molecule has 0 unspecified atom stereocenters. The van der Waals surface area contributed by atoms with Gasteiger partial charge in [-0.05, 0) is 61.5 Å². The minimum atomic E-state index is 0.155. The smallest absolute Gasteiger partial charge is 0.155 e. The SMILES string of the molecule is C=C=C1[C@@H](C)C[C@H]2[C@@H]3CCC4=CC(=O)CC[C@]4(C)C3=CC[C@]12C. The molecule has 0 aliphatic heterocycles. The summed E-state index contributed by atoms with van der Waals surface area (Å²) in [7, 11) is 0. The summed E-state index contributed by atoms with van der Waals surface area (Å²) in [4.78, 5) is 11.9. The molecule has 0 radical (unpaired) electrons. The fourth-order valence-corrected chi connectivity index (χ4v) is 6.40. The van der Waals surface area contributed by atoms with Crippen molar-refractivity contribution in [3.8, 4) is 0 Å². The molecule has 0 saturated heterocycles. The van der Waals surface area contributed by atoms with E-state index in [9.17, 15) is 4.79 Å². The first-order valence-electron chi connectivity index (χ1n) is 9.25. The van der Waals surface area contributed by atoms with Crippen LogP contribution in [0.2, 0.25) is 0 Å². The number of ketones is 1. The summed E-state index contributed by atoms with van der Waals surface area (Å²) < 4.78 is 0. The van der Waals surface area contributed by atoms with E-state index in [1.807, 2.05) is 6.08 Å². The summed E-state index contributed by atoms with van der Waals surface area (Å²) in [6, 6.07) is 0. The minimum Gasteiger partial charge on any atom is -0.295 e. The number of carbonyl (C=O) groups excluding carboxylic acids is 1. The van der Waals surface area contributed by atoms with Gasteiger partial charge in [0.2, 0.25) is 0 Å². The third-order valence-electron chi connectivity index (χ3n) is 7.63. The molecule has 0 aromatic carbocycles. The van der Waals surface area contributed by atoms with Gasteiger partial charge in [0.05, 0.1) is 0 Å². The maximum atomic E-state index is 11.9. The molecule has 4 rings (SSSR count). The molecule has 2 fully saturated rings. The van der Waals surface area contributed by atoms with Crippen LogP contribution in [0.1, 0.15) is 59.3 Å². The van der Waals surface area contributed by atoms with Crippen LogP contribution in [0.4, 0.5) is 0 Å². The molecule has 4 aliphatic rings. The van der Waals surface area contributed by atoms with Crippen LogP contribution in [0.15, 0.2) is 41.2 Å². The molecule has 5 atom stereocenters. The third-order valence-corrected chi connectivity index (χ3v) is 7.63. The Bertz CT molecular complexity index is 687. The number of hydrogen-bond acceptors (Lipinski definition) is 1.